The molecule has 1 atom stereocenters. The van der Waals surface area contributed by atoms with Gasteiger partial charge in [0.2, 0.25) is 0 Å². The highest BCUT2D eigenvalue weighted by Crippen LogP contribution is 2.46. The molecule has 2 fully saturated rings. The van der Waals surface area contributed by atoms with E-state index in [4.69, 9.17) is 19.2 Å². The Kier molecular flexibility index (Phi) is 7.84. The Labute approximate surface area is 242 Å². The molecule has 0 aliphatic carbocycles. The molecule has 0 saturated carbocycles. The van der Waals surface area contributed by atoms with Crippen molar-refractivity contribution >= 4 is 28.8 Å². The predicted octanol–water partition coefficient (Wildman–Crippen LogP) is 4.95. The fourth-order valence-corrected chi connectivity index (χ4v) is 5.81. The lowest BCUT2D eigenvalue weighted by Crippen LogP contribution is -2.51. The summed E-state index contributed by atoms with van der Waals surface area (Å²) < 4.78 is 16.4. The zero-order valence-electron chi connectivity index (χ0n) is 24.3. The van der Waals surface area contributed by atoms with Gasteiger partial charge in [0, 0.05) is 50.2 Å². The molecule has 0 bridgehead atoms. The number of hydrogen-bond acceptors (Lipinski definition) is 9. The third kappa shape index (κ3) is 5.37. The number of anilines is 4. The van der Waals surface area contributed by atoms with Crippen LogP contribution in [0.5, 0.6) is 0 Å². The zero-order valence-corrected chi connectivity index (χ0v) is 24.3. The number of fused-ring (bicyclic) bond motifs is 1. The first-order chi connectivity index (χ1) is 20.0. The molecule has 0 amide bonds. The first kappa shape index (κ1) is 27.5. The Morgan fingerprint density at radius 1 is 1.02 bits per heavy atom. The lowest BCUT2D eigenvalue weighted by molar-refractivity contribution is 0.0519. The van der Waals surface area contributed by atoms with Gasteiger partial charge in [0.25, 0.3) is 0 Å². The van der Waals surface area contributed by atoms with Crippen molar-refractivity contribution in [3.05, 3.63) is 65.9 Å². The highest BCUT2D eigenvalue weighted by molar-refractivity contribution is 5.92. The van der Waals surface area contributed by atoms with Crippen LogP contribution in [0.4, 0.5) is 22.9 Å². The maximum absolute atomic E-state index is 13.0. The number of aromatic nitrogens is 1. The Morgan fingerprint density at radius 2 is 1.76 bits per heavy atom. The van der Waals surface area contributed by atoms with Crippen molar-refractivity contribution in [1.29, 1.82) is 0 Å². The molecule has 216 valence electrons. The predicted molar refractivity (Wildman–Crippen MR) is 161 cm³/mol. The molecule has 2 aromatic carbocycles. The van der Waals surface area contributed by atoms with E-state index in [1.54, 1.807) is 7.11 Å². The second-order valence-electron chi connectivity index (χ2n) is 11.1. The minimum absolute atomic E-state index is 0.00759. The molecule has 9 nitrogen and oxygen atoms in total. The average molecular weight is 558 g/mol. The molecule has 1 aromatic heterocycles. The number of pyridine rings is 1. The molecule has 3 aromatic rings. The normalized spacial score (nSPS) is 19.0. The minimum Gasteiger partial charge on any atom is -0.461 e. The summed E-state index contributed by atoms with van der Waals surface area (Å²) >= 11 is 0. The standard InChI is InChI=1S/C32H39N5O4/c1-5-41-32(38)28-18-27(22-9-11-23(12-10-22)35-13-15-40-16-14-35)29-30(21(2)3)34-37(31(29)33-28)25-8-6-7-24(17-25)36-19-26(20-36)39-4/h6-12,17-18,21,26,30,34H,5,13-16,19-20H2,1-4H3. The summed E-state index contributed by atoms with van der Waals surface area (Å²) in [5.74, 6) is 0.591. The monoisotopic (exact) mass is 557 g/mol. The van der Waals surface area contributed by atoms with E-state index in [2.05, 4.69) is 77.6 Å². The Bertz CT molecular complexity index is 1380. The van der Waals surface area contributed by atoms with Crippen LogP contribution in [0.1, 0.15) is 42.9 Å². The molecule has 1 N–H and O–H groups in total. The van der Waals surface area contributed by atoms with E-state index in [-0.39, 0.29) is 24.7 Å². The number of carbonyl (C=O) groups excluding carboxylic acids is 1. The van der Waals surface area contributed by atoms with Crippen molar-refractivity contribution in [2.24, 2.45) is 5.92 Å². The molecule has 9 heteroatoms. The van der Waals surface area contributed by atoms with Crippen LogP contribution >= 0.6 is 0 Å². The zero-order chi connectivity index (χ0) is 28.5. The largest absolute Gasteiger partial charge is 0.461 e. The fraction of sp³-hybridized carbons (Fsp3) is 0.438. The molecule has 6 rings (SSSR count). The van der Waals surface area contributed by atoms with Crippen LogP contribution in [0, 0.1) is 5.92 Å². The van der Waals surface area contributed by atoms with Gasteiger partial charge in [-0.15, -0.1) is 0 Å². The van der Waals surface area contributed by atoms with Crippen LogP contribution in [-0.2, 0) is 14.2 Å². The number of hydrazine groups is 1. The van der Waals surface area contributed by atoms with Crippen molar-refractivity contribution in [2.45, 2.75) is 32.9 Å². The number of methoxy groups -OCH3 is 1. The number of nitrogens with one attached hydrogen (secondary N) is 1. The van der Waals surface area contributed by atoms with E-state index in [0.29, 0.717) is 5.69 Å². The number of morpholine rings is 1. The third-order valence-corrected chi connectivity index (χ3v) is 8.17. The molecule has 4 heterocycles. The molecule has 1 unspecified atom stereocenters. The summed E-state index contributed by atoms with van der Waals surface area (Å²) in [6, 6.07) is 18.9. The average Bonchev–Trinajstić information content (AvgIpc) is 3.37. The lowest BCUT2D eigenvalue weighted by Gasteiger charge is -2.40. The first-order valence-electron chi connectivity index (χ1n) is 14.6. The summed E-state index contributed by atoms with van der Waals surface area (Å²) in [7, 11) is 1.76. The fourth-order valence-electron chi connectivity index (χ4n) is 5.81. The maximum atomic E-state index is 13.0. The second-order valence-corrected chi connectivity index (χ2v) is 11.1. The second kappa shape index (κ2) is 11.7. The summed E-state index contributed by atoms with van der Waals surface area (Å²) in [4.78, 5) is 22.6. The van der Waals surface area contributed by atoms with Crippen LogP contribution in [0.25, 0.3) is 11.1 Å². The molecule has 41 heavy (non-hydrogen) atoms. The molecular formula is C32H39N5O4. The van der Waals surface area contributed by atoms with E-state index in [9.17, 15) is 4.79 Å². The summed E-state index contributed by atoms with van der Waals surface area (Å²) in [5.41, 5.74) is 10.4. The summed E-state index contributed by atoms with van der Waals surface area (Å²) in [6.07, 6.45) is 0.264. The van der Waals surface area contributed by atoms with Gasteiger partial charge in [0.1, 0.15) is 0 Å². The smallest absolute Gasteiger partial charge is 0.357 e. The van der Waals surface area contributed by atoms with Gasteiger partial charge < -0.3 is 24.0 Å². The Morgan fingerprint density at radius 3 is 2.44 bits per heavy atom. The van der Waals surface area contributed by atoms with E-state index in [0.717, 1.165) is 73.3 Å². The van der Waals surface area contributed by atoms with Gasteiger partial charge >= 0.3 is 5.97 Å². The van der Waals surface area contributed by atoms with Crippen molar-refractivity contribution in [2.75, 3.05) is 67.9 Å². The molecule has 0 spiro atoms. The van der Waals surface area contributed by atoms with Gasteiger partial charge in [-0.05, 0) is 60.4 Å². The SMILES string of the molecule is CCOC(=O)c1cc(-c2ccc(N3CCOCC3)cc2)c2c(n1)N(c1cccc(N3CC(OC)C3)c1)NC2C(C)C. The highest BCUT2D eigenvalue weighted by atomic mass is 16.5. The minimum atomic E-state index is -0.422. The molecule has 3 aliphatic rings. The van der Waals surface area contributed by atoms with Crippen LogP contribution in [0.3, 0.4) is 0 Å². The van der Waals surface area contributed by atoms with Crippen LogP contribution in [0.15, 0.2) is 54.6 Å². The van der Waals surface area contributed by atoms with Gasteiger partial charge in [-0.3, -0.25) is 5.01 Å². The number of carbonyl (C=O) groups is 1. The lowest BCUT2D eigenvalue weighted by atomic mass is 9.90. The van der Waals surface area contributed by atoms with Gasteiger partial charge in [-0.2, -0.15) is 0 Å². The quantitative estimate of drug-likeness (QED) is 0.387. The first-order valence-corrected chi connectivity index (χ1v) is 14.6. The Balaban J connectivity index is 1.42. The van der Waals surface area contributed by atoms with Crippen molar-refractivity contribution in [3.8, 4) is 11.1 Å². The molecule has 3 aliphatic heterocycles. The highest BCUT2D eigenvalue weighted by Gasteiger charge is 2.37. The van der Waals surface area contributed by atoms with Gasteiger partial charge in [-0.25, -0.2) is 15.2 Å². The van der Waals surface area contributed by atoms with Crippen molar-refractivity contribution in [1.82, 2.24) is 10.4 Å². The number of esters is 1. The number of benzene rings is 2. The third-order valence-electron chi connectivity index (χ3n) is 8.17. The molecular weight excluding hydrogens is 518 g/mol. The van der Waals surface area contributed by atoms with Gasteiger partial charge in [-0.1, -0.05) is 32.0 Å². The number of rotatable bonds is 8. The van der Waals surface area contributed by atoms with Crippen molar-refractivity contribution in [3.63, 3.8) is 0 Å². The number of nitrogens with zero attached hydrogens (tertiary/aromatic N) is 4. The molecule has 0 radical (unpaired) electrons. The summed E-state index contributed by atoms with van der Waals surface area (Å²) in [6.45, 7) is 11.5. The Hall–Kier alpha value is -3.66. The number of ether oxygens (including phenoxy) is 3. The van der Waals surface area contributed by atoms with E-state index >= 15 is 0 Å². The van der Waals surface area contributed by atoms with Crippen LogP contribution in [0.2, 0.25) is 0 Å². The maximum Gasteiger partial charge on any atom is 0.357 e. The van der Waals surface area contributed by atoms with Gasteiger partial charge in [0.05, 0.1) is 37.7 Å². The number of hydrogen-bond donors (Lipinski definition) is 1. The van der Waals surface area contributed by atoms with E-state index < -0.39 is 5.97 Å². The van der Waals surface area contributed by atoms with E-state index in [1.165, 1.54) is 5.69 Å². The van der Waals surface area contributed by atoms with Crippen molar-refractivity contribution < 1.29 is 19.0 Å². The van der Waals surface area contributed by atoms with Gasteiger partial charge in [0.15, 0.2) is 11.5 Å². The molecule has 2 saturated heterocycles. The van der Waals surface area contributed by atoms with Crippen LogP contribution in [-0.4, -0.2) is 70.2 Å². The summed E-state index contributed by atoms with van der Waals surface area (Å²) in [5, 5.41) is 2.03. The van der Waals surface area contributed by atoms with Crippen LogP contribution < -0.4 is 20.2 Å². The topological polar surface area (TPSA) is 79.4 Å². The van der Waals surface area contributed by atoms with E-state index in [1.807, 2.05) is 18.0 Å².